The number of hydrogen-bond acceptors (Lipinski definition) is 9. The van der Waals surface area contributed by atoms with Gasteiger partial charge >= 0.3 is 19.8 Å². The van der Waals surface area contributed by atoms with Gasteiger partial charge in [0.1, 0.15) is 12.7 Å². The van der Waals surface area contributed by atoms with Gasteiger partial charge in [-0.05, 0) is 77.0 Å². The molecule has 0 aromatic carbocycles. The van der Waals surface area contributed by atoms with Crippen LogP contribution in [0.3, 0.4) is 0 Å². The van der Waals surface area contributed by atoms with Crippen molar-refractivity contribution in [2.24, 2.45) is 0 Å². The van der Waals surface area contributed by atoms with Crippen LogP contribution in [0.15, 0.2) is 60.8 Å². The Morgan fingerprint density at radius 1 is 0.554 bits per heavy atom. The van der Waals surface area contributed by atoms with Crippen LogP contribution in [0.5, 0.6) is 0 Å². The number of unbranched alkanes of at least 4 members (excludes halogenated alkanes) is 16. The lowest BCUT2D eigenvalue weighted by Gasteiger charge is -2.20. The first-order chi connectivity index (χ1) is 27.2. The molecule has 0 aliphatic heterocycles. The summed E-state index contributed by atoms with van der Waals surface area (Å²) in [6.07, 6.45) is 44.7. The van der Waals surface area contributed by atoms with E-state index in [0.717, 1.165) is 103 Å². The van der Waals surface area contributed by atoms with Gasteiger partial charge in [-0.2, -0.15) is 0 Å². The van der Waals surface area contributed by atoms with Gasteiger partial charge in [0.25, 0.3) is 0 Å². The minimum atomic E-state index is -4.63. The van der Waals surface area contributed by atoms with E-state index in [9.17, 15) is 24.2 Å². The third-order valence-corrected chi connectivity index (χ3v) is 9.86. The first-order valence-corrected chi connectivity index (χ1v) is 23.2. The molecular formula is C45H79O10P. The van der Waals surface area contributed by atoms with Crippen molar-refractivity contribution in [1.29, 1.82) is 0 Å². The summed E-state index contributed by atoms with van der Waals surface area (Å²) in [5.74, 6) is -0.954. The molecule has 0 aromatic heterocycles. The zero-order chi connectivity index (χ0) is 41.2. The maximum Gasteiger partial charge on any atom is 0.472 e. The summed E-state index contributed by atoms with van der Waals surface area (Å²) in [4.78, 5) is 35.0. The van der Waals surface area contributed by atoms with Crippen LogP contribution in [0.25, 0.3) is 0 Å². The molecule has 0 saturated heterocycles. The molecule has 10 nitrogen and oxygen atoms in total. The number of phosphoric ester groups is 1. The molecule has 0 spiro atoms. The van der Waals surface area contributed by atoms with Gasteiger partial charge in [0.15, 0.2) is 6.10 Å². The Morgan fingerprint density at radius 2 is 0.982 bits per heavy atom. The lowest BCUT2D eigenvalue weighted by Crippen LogP contribution is -2.29. The molecule has 0 saturated carbocycles. The summed E-state index contributed by atoms with van der Waals surface area (Å²) in [7, 11) is -4.63. The summed E-state index contributed by atoms with van der Waals surface area (Å²) in [5, 5.41) is 18.3. The van der Waals surface area contributed by atoms with Gasteiger partial charge in [-0.1, -0.05) is 145 Å². The molecular weight excluding hydrogens is 731 g/mol. The number of hydrogen-bond donors (Lipinski definition) is 3. The molecule has 0 amide bonds. The van der Waals surface area contributed by atoms with Crippen molar-refractivity contribution in [3.8, 4) is 0 Å². The Morgan fingerprint density at radius 3 is 1.50 bits per heavy atom. The fourth-order valence-corrected chi connectivity index (χ4v) is 6.36. The minimum Gasteiger partial charge on any atom is -0.462 e. The minimum absolute atomic E-state index is 0.164. The lowest BCUT2D eigenvalue weighted by molar-refractivity contribution is -0.161. The SMILES string of the molecule is CC/C=C\C/C=C\C/C=C\C/C=C\CCCCCCCCC(=O)OC(COC(=O)CCCCCCC/C=C\CCCCCCC)COP(=O)(O)OCC(O)CO. The van der Waals surface area contributed by atoms with E-state index in [1.54, 1.807) is 0 Å². The predicted octanol–water partition coefficient (Wildman–Crippen LogP) is 11.5. The monoisotopic (exact) mass is 811 g/mol. The van der Waals surface area contributed by atoms with Gasteiger partial charge in [0, 0.05) is 12.8 Å². The number of carbonyl (C=O) groups excluding carboxylic acids is 2. The van der Waals surface area contributed by atoms with Crippen molar-refractivity contribution in [3.63, 3.8) is 0 Å². The molecule has 56 heavy (non-hydrogen) atoms. The van der Waals surface area contributed by atoms with Crippen molar-refractivity contribution in [2.45, 2.75) is 187 Å². The zero-order valence-electron chi connectivity index (χ0n) is 35.1. The number of ether oxygens (including phenoxy) is 2. The average molecular weight is 811 g/mol. The number of phosphoric acid groups is 1. The molecule has 0 rings (SSSR count). The molecule has 0 aromatic rings. The summed E-state index contributed by atoms with van der Waals surface area (Å²) in [6, 6.07) is 0. The smallest absolute Gasteiger partial charge is 0.462 e. The quantitative estimate of drug-likeness (QED) is 0.0236. The average Bonchev–Trinajstić information content (AvgIpc) is 3.19. The van der Waals surface area contributed by atoms with Crippen LogP contribution in [0.4, 0.5) is 0 Å². The molecule has 0 fully saturated rings. The number of allylic oxidation sites excluding steroid dienone is 10. The maximum absolute atomic E-state index is 12.6. The molecule has 0 aliphatic rings. The van der Waals surface area contributed by atoms with Gasteiger partial charge in [0.2, 0.25) is 0 Å². The Bertz CT molecular complexity index is 1120. The molecule has 0 radical (unpaired) electrons. The van der Waals surface area contributed by atoms with E-state index in [2.05, 4.69) is 79.1 Å². The van der Waals surface area contributed by atoms with Crippen LogP contribution < -0.4 is 0 Å². The third kappa shape index (κ3) is 39.9. The molecule has 3 unspecified atom stereocenters. The fraction of sp³-hybridized carbons (Fsp3) is 0.733. The van der Waals surface area contributed by atoms with Gasteiger partial charge in [-0.3, -0.25) is 18.6 Å². The van der Waals surface area contributed by atoms with Crippen molar-refractivity contribution < 1.29 is 47.8 Å². The largest absolute Gasteiger partial charge is 0.472 e. The van der Waals surface area contributed by atoms with Crippen LogP contribution in [0.1, 0.15) is 174 Å². The van der Waals surface area contributed by atoms with E-state index in [0.29, 0.717) is 12.8 Å². The van der Waals surface area contributed by atoms with E-state index < -0.39 is 51.8 Å². The molecule has 0 heterocycles. The molecule has 0 aliphatic carbocycles. The number of carbonyl (C=O) groups is 2. The van der Waals surface area contributed by atoms with Crippen molar-refractivity contribution in [2.75, 3.05) is 26.4 Å². The second-order valence-electron chi connectivity index (χ2n) is 14.3. The summed E-state index contributed by atoms with van der Waals surface area (Å²) in [5.41, 5.74) is 0. The van der Waals surface area contributed by atoms with E-state index in [4.69, 9.17) is 19.1 Å². The summed E-state index contributed by atoms with van der Waals surface area (Å²) < 4.78 is 32.7. The molecule has 3 N–H and O–H groups in total. The van der Waals surface area contributed by atoms with Crippen molar-refractivity contribution >= 4 is 19.8 Å². The number of aliphatic hydroxyl groups is 2. The Labute approximate surface area is 340 Å². The van der Waals surface area contributed by atoms with Gasteiger partial charge < -0.3 is 24.6 Å². The first-order valence-electron chi connectivity index (χ1n) is 21.7. The normalized spacial score (nSPS) is 14.4. The van der Waals surface area contributed by atoms with Crippen molar-refractivity contribution in [3.05, 3.63) is 60.8 Å². The zero-order valence-corrected chi connectivity index (χ0v) is 36.0. The van der Waals surface area contributed by atoms with Crippen molar-refractivity contribution in [1.82, 2.24) is 0 Å². The standard InChI is InChI=1S/C45H79O10P/c1-3-5-7-9-11-13-15-17-19-20-21-22-23-25-27-29-31-33-35-37-45(49)55-43(41-54-56(50,51)53-39-42(47)38-46)40-52-44(48)36-34-32-30-28-26-24-18-16-14-12-10-8-6-4-2/h5,7,11,13,16-19,21-22,42-43,46-47H,3-4,6,8-10,12,14-15,20,23-41H2,1-2H3,(H,50,51)/b7-5-,13-11-,18-16-,19-17-,22-21-. The fourth-order valence-electron chi connectivity index (χ4n) is 5.57. The third-order valence-electron chi connectivity index (χ3n) is 8.91. The van der Waals surface area contributed by atoms with Gasteiger partial charge in [-0.15, -0.1) is 0 Å². The van der Waals surface area contributed by atoms with Gasteiger partial charge in [0.05, 0.1) is 19.8 Å². The highest BCUT2D eigenvalue weighted by Crippen LogP contribution is 2.43. The van der Waals surface area contributed by atoms with Crippen LogP contribution in [-0.4, -0.2) is 65.7 Å². The van der Waals surface area contributed by atoms with Crippen LogP contribution >= 0.6 is 7.82 Å². The van der Waals surface area contributed by atoms with Crippen LogP contribution in [0, 0.1) is 0 Å². The highest BCUT2D eigenvalue weighted by molar-refractivity contribution is 7.47. The number of esters is 2. The molecule has 11 heteroatoms. The van der Waals surface area contributed by atoms with Crippen LogP contribution in [0.2, 0.25) is 0 Å². The highest BCUT2D eigenvalue weighted by Gasteiger charge is 2.27. The Hall–Kier alpha value is -2.33. The maximum atomic E-state index is 12.6. The number of rotatable bonds is 40. The van der Waals surface area contributed by atoms with Gasteiger partial charge in [-0.25, -0.2) is 4.57 Å². The summed E-state index contributed by atoms with van der Waals surface area (Å²) >= 11 is 0. The second-order valence-corrected chi connectivity index (χ2v) is 15.8. The topological polar surface area (TPSA) is 149 Å². The lowest BCUT2D eigenvalue weighted by atomic mass is 10.1. The number of aliphatic hydroxyl groups excluding tert-OH is 2. The van der Waals surface area contributed by atoms with Crippen LogP contribution in [-0.2, 0) is 32.7 Å². The molecule has 3 atom stereocenters. The predicted molar refractivity (Wildman–Crippen MR) is 228 cm³/mol. The highest BCUT2D eigenvalue weighted by atomic mass is 31.2. The molecule has 0 bridgehead atoms. The van der Waals surface area contributed by atoms with E-state index in [1.807, 2.05) is 0 Å². The Kier molecular flexibility index (Phi) is 39.2. The second kappa shape index (κ2) is 40.9. The van der Waals surface area contributed by atoms with E-state index in [-0.39, 0.29) is 19.4 Å². The van der Waals surface area contributed by atoms with E-state index >= 15 is 0 Å². The molecule has 324 valence electrons. The van der Waals surface area contributed by atoms with E-state index in [1.165, 1.54) is 32.1 Å². The summed E-state index contributed by atoms with van der Waals surface area (Å²) in [6.45, 7) is 2.22. The Balaban J connectivity index is 4.34. The first kappa shape index (κ1) is 53.7.